The fraction of sp³-hybridized carbons (Fsp3) is 1.00. The summed E-state index contributed by atoms with van der Waals surface area (Å²) in [5, 5.41) is 3.41. The first-order valence-electron chi connectivity index (χ1n) is 6.78. The Balaban J connectivity index is 2.27. The summed E-state index contributed by atoms with van der Waals surface area (Å²) in [6.07, 6.45) is 5.63. The van der Waals surface area contributed by atoms with Crippen LogP contribution >= 0.6 is 0 Å². The van der Waals surface area contributed by atoms with Crippen LogP contribution in [-0.4, -0.2) is 32.5 Å². The van der Waals surface area contributed by atoms with Gasteiger partial charge in [-0.1, -0.05) is 27.2 Å². The van der Waals surface area contributed by atoms with Gasteiger partial charge in [-0.3, -0.25) is 0 Å². The molecule has 4 heteroatoms. The summed E-state index contributed by atoms with van der Waals surface area (Å²) in [5.74, 6) is 0.614. The van der Waals surface area contributed by atoms with Crippen molar-refractivity contribution in [1.82, 2.24) is 5.32 Å². The summed E-state index contributed by atoms with van der Waals surface area (Å²) in [6, 6.07) is 0.510. The molecule has 0 amide bonds. The molecule has 0 aromatic rings. The molecule has 0 spiro atoms. The third kappa shape index (κ3) is 5.87. The molecule has 0 aromatic carbocycles. The van der Waals surface area contributed by atoms with Crippen molar-refractivity contribution >= 4 is 9.84 Å². The molecule has 0 heterocycles. The molecule has 0 saturated heterocycles. The predicted octanol–water partition coefficient (Wildman–Crippen LogP) is 2.37. The molecular weight excluding hydrogens is 234 g/mol. The normalized spacial score (nSPS) is 24.8. The van der Waals surface area contributed by atoms with E-state index < -0.39 is 9.84 Å². The van der Waals surface area contributed by atoms with Crippen molar-refractivity contribution in [2.24, 2.45) is 5.41 Å². The Kier molecular flexibility index (Phi) is 5.45. The molecule has 1 saturated carbocycles. The average Bonchev–Trinajstić information content (AvgIpc) is 2.15. The van der Waals surface area contributed by atoms with Gasteiger partial charge in [-0.05, 0) is 31.1 Å². The van der Waals surface area contributed by atoms with Gasteiger partial charge in [0.2, 0.25) is 0 Å². The van der Waals surface area contributed by atoms with Gasteiger partial charge in [-0.15, -0.1) is 0 Å². The Morgan fingerprint density at radius 1 is 1.29 bits per heavy atom. The van der Waals surface area contributed by atoms with Crippen molar-refractivity contribution < 1.29 is 8.42 Å². The molecule has 0 aliphatic heterocycles. The van der Waals surface area contributed by atoms with Crippen molar-refractivity contribution in [3.8, 4) is 0 Å². The molecule has 1 aliphatic carbocycles. The zero-order chi connectivity index (χ0) is 12.9. The van der Waals surface area contributed by atoms with E-state index in [1.54, 1.807) is 0 Å². The zero-order valence-electron chi connectivity index (χ0n) is 11.5. The molecule has 1 aliphatic rings. The van der Waals surface area contributed by atoms with Crippen molar-refractivity contribution in [1.29, 1.82) is 0 Å². The van der Waals surface area contributed by atoms with Crippen LogP contribution in [0.3, 0.4) is 0 Å². The minimum atomic E-state index is -2.82. The summed E-state index contributed by atoms with van der Waals surface area (Å²) < 4.78 is 23.1. The van der Waals surface area contributed by atoms with Crippen LogP contribution in [0.25, 0.3) is 0 Å². The van der Waals surface area contributed by atoms with Gasteiger partial charge >= 0.3 is 0 Å². The Morgan fingerprint density at radius 2 is 2.00 bits per heavy atom. The Bertz CT molecular complexity index is 322. The highest BCUT2D eigenvalue weighted by Crippen LogP contribution is 2.34. The molecule has 0 radical (unpaired) electrons. The minimum Gasteiger partial charge on any atom is -0.313 e. The highest BCUT2D eigenvalue weighted by molar-refractivity contribution is 7.91. The second kappa shape index (κ2) is 6.19. The lowest BCUT2D eigenvalue weighted by atomic mass is 9.75. The van der Waals surface area contributed by atoms with Gasteiger partial charge in [0.05, 0.1) is 5.75 Å². The quantitative estimate of drug-likeness (QED) is 0.798. The number of nitrogens with one attached hydrogen (secondary N) is 1. The number of rotatable bonds is 6. The van der Waals surface area contributed by atoms with Crippen LogP contribution in [0, 0.1) is 5.41 Å². The van der Waals surface area contributed by atoms with E-state index in [1.807, 2.05) is 6.92 Å². The van der Waals surface area contributed by atoms with E-state index in [4.69, 9.17) is 0 Å². The van der Waals surface area contributed by atoms with Crippen LogP contribution in [0.5, 0.6) is 0 Å². The number of hydrogen-bond donors (Lipinski definition) is 1. The maximum atomic E-state index is 11.6. The second-order valence-electron chi connectivity index (χ2n) is 6.06. The van der Waals surface area contributed by atoms with Crippen LogP contribution in [0.4, 0.5) is 0 Å². The van der Waals surface area contributed by atoms with Crippen molar-refractivity contribution in [2.75, 3.05) is 18.1 Å². The predicted molar refractivity (Wildman–Crippen MR) is 73.0 cm³/mol. The van der Waals surface area contributed by atoms with Gasteiger partial charge in [-0.25, -0.2) is 8.42 Å². The lowest BCUT2D eigenvalue weighted by Crippen LogP contribution is -2.39. The second-order valence-corrected chi connectivity index (χ2v) is 8.37. The number of hydrogen-bond acceptors (Lipinski definition) is 3. The maximum Gasteiger partial charge on any atom is 0.151 e. The van der Waals surface area contributed by atoms with Gasteiger partial charge in [0.15, 0.2) is 9.84 Å². The highest BCUT2D eigenvalue weighted by Gasteiger charge is 2.27. The molecular formula is C13H27NO2S. The lowest BCUT2D eigenvalue weighted by Gasteiger charge is -2.35. The molecule has 0 aromatic heterocycles. The fourth-order valence-electron chi connectivity index (χ4n) is 2.70. The maximum absolute atomic E-state index is 11.6. The first kappa shape index (κ1) is 15.0. The molecule has 1 atom stereocenters. The third-order valence-electron chi connectivity index (χ3n) is 3.57. The van der Waals surface area contributed by atoms with Crippen LogP contribution in [-0.2, 0) is 9.84 Å². The summed E-state index contributed by atoms with van der Waals surface area (Å²) in [6.45, 7) is 7.13. The summed E-state index contributed by atoms with van der Waals surface area (Å²) in [7, 11) is -2.82. The molecule has 102 valence electrons. The summed E-state index contributed by atoms with van der Waals surface area (Å²) in [5.41, 5.74) is 0.415. The van der Waals surface area contributed by atoms with Crippen LogP contribution in [0.1, 0.15) is 52.9 Å². The van der Waals surface area contributed by atoms with Gasteiger partial charge in [0.1, 0.15) is 0 Å². The zero-order valence-corrected chi connectivity index (χ0v) is 12.3. The monoisotopic (exact) mass is 261 g/mol. The minimum absolute atomic E-state index is 0.289. The Labute approximate surface area is 106 Å². The van der Waals surface area contributed by atoms with E-state index in [1.165, 1.54) is 25.7 Å². The molecule has 0 bridgehead atoms. The van der Waals surface area contributed by atoms with Crippen LogP contribution in [0.2, 0.25) is 0 Å². The van der Waals surface area contributed by atoms with E-state index in [-0.39, 0.29) is 5.75 Å². The van der Waals surface area contributed by atoms with Crippen molar-refractivity contribution in [2.45, 2.75) is 58.9 Å². The van der Waals surface area contributed by atoms with Gasteiger partial charge < -0.3 is 5.32 Å². The molecule has 1 unspecified atom stereocenters. The van der Waals surface area contributed by atoms with E-state index in [2.05, 4.69) is 19.2 Å². The van der Waals surface area contributed by atoms with E-state index >= 15 is 0 Å². The molecule has 17 heavy (non-hydrogen) atoms. The SMILES string of the molecule is CCCS(=O)(=O)CCNC1CCCC(C)(C)C1. The van der Waals surface area contributed by atoms with E-state index in [0.29, 0.717) is 23.8 Å². The smallest absolute Gasteiger partial charge is 0.151 e. The first-order valence-corrected chi connectivity index (χ1v) is 8.60. The van der Waals surface area contributed by atoms with E-state index in [9.17, 15) is 8.42 Å². The summed E-state index contributed by atoms with van der Waals surface area (Å²) >= 11 is 0. The van der Waals surface area contributed by atoms with Crippen LogP contribution < -0.4 is 5.32 Å². The van der Waals surface area contributed by atoms with Crippen molar-refractivity contribution in [3.63, 3.8) is 0 Å². The molecule has 3 nitrogen and oxygen atoms in total. The molecule has 1 fully saturated rings. The highest BCUT2D eigenvalue weighted by atomic mass is 32.2. The topological polar surface area (TPSA) is 46.2 Å². The lowest BCUT2D eigenvalue weighted by molar-refractivity contribution is 0.200. The molecule has 1 N–H and O–H groups in total. The average molecular weight is 261 g/mol. The number of sulfone groups is 1. The molecule has 1 rings (SSSR count). The van der Waals surface area contributed by atoms with Gasteiger partial charge in [-0.2, -0.15) is 0 Å². The van der Waals surface area contributed by atoms with Gasteiger partial charge in [0.25, 0.3) is 0 Å². The largest absolute Gasteiger partial charge is 0.313 e. The summed E-state index contributed by atoms with van der Waals surface area (Å²) in [4.78, 5) is 0. The Hall–Kier alpha value is -0.0900. The first-order chi connectivity index (χ1) is 7.85. The third-order valence-corrected chi connectivity index (χ3v) is 5.42. The van der Waals surface area contributed by atoms with E-state index in [0.717, 1.165) is 6.42 Å². The van der Waals surface area contributed by atoms with Gasteiger partial charge in [0, 0.05) is 18.3 Å². The fourth-order valence-corrected chi connectivity index (χ4v) is 3.96. The standard InChI is InChI=1S/C13H27NO2S/c1-4-9-17(15,16)10-8-14-12-6-5-7-13(2,3)11-12/h12,14H,4-11H2,1-3H3. The van der Waals surface area contributed by atoms with Crippen molar-refractivity contribution in [3.05, 3.63) is 0 Å². The van der Waals surface area contributed by atoms with Crippen LogP contribution in [0.15, 0.2) is 0 Å². The Morgan fingerprint density at radius 3 is 2.59 bits per heavy atom.